The van der Waals surface area contributed by atoms with Gasteiger partial charge in [-0.1, -0.05) is 6.07 Å². The third-order valence-corrected chi connectivity index (χ3v) is 3.39. The highest BCUT2D eigenvalue weighted by atomic mass is 16.6. The molecule has 0 radical (unpaired) electrons. The van der Waals surface area contributed by atoms with Crippen molar-refractivity contribution < 1.29 is 9.72 Å². The van der Waals surface area contributed by atoms with Crippen molar-refractivity contribution in [2.75, 3.05) is 0 Å². The van der Waals surface area contributed by atoms with E-state index in [0.717, 1.165) is 5.56 Å². The first-order valence-corrected chi connectivity index (χ1v) is 7.09. The van der Waals surface area contributed by atoms with Crippen LogP contribution >= 0.6 is 0 Å². The number of nitrogens with one attached hydrogen (secondary N) is 1. The van der Waals surface area contributed by atoms with Gasteiger partial charge in [0, 0.05) is 43.0 Å². The van der Waals surface area contributed by atoms with Crippen molar-refractivity contribution in [3.8, 4) is 5.69 Å². The molecule has 3 rings (SSSR count). The largest absolute Gasteiger partial charge is 0.348 e. The zero-order chi connectivity index (χ0) is 16.9. The predicted molar refractivity (Wildman–Crippen MR) is 85.6 cm³/mol. The van der Waals surface area contributed by atoms with Crippen molar-refractivity contribution in [2.24, 2.45) is 0 Å². The minimum absolute atomic E-state index is 0.165. The summed E-state index contributed by atoms with van der Waals surface area (Å²) in [5, 5.41) is 14.0. The number of hydrogen-bond donors (Lipinski definition) is 1. The standard InChI is InChI=1S/C16H13N5O3/c22-16(19-10-12-2-1-5-17-9-12)13-3-4-14(15(8-13)21(23)24)20-7-6-18-11-20/h1-9,11H,10H2,(H,19,22). The lowest BCUT2D eigenvalue weighted by Crippen LogP contribution is -2.23. The van der Waals surface area contributed by atoms with Gasteiger partial charge < -0.3 is 9.88 Å². The average molecular weight is 323 g/mol. The monoisotopic (exact) mass is 323 g/mol. The summed E-state index contributed by atoms with van der Waals surface area (Å²) >= 11 is 0. The van der Waals surface area contributed by atoms with Crippen LogP contribution in [0.3, 0.4) is 0 Å². The second-order valence-electron chi connectivity index (χ2n) is 4.97. The van der Waals surface area contributed by atoms with Crippen LogP contribution in [0.1, 0.15) is 15.9 Å². The van der Waals surface area contributed by atoms with Gasteiger partial charge in [-0.25, -0.2) is 4.98 Å². The molecule has 1 N–H and O–H groups in total. The van der Waals surface area contributed by atoms with Crippen LogP contribution in [0.15, 0.2) is 61.4 Å². The number of hydrogen-bond acceptors (Lipinski definition) is 5. The molecule has 0 aliphatic rings. The molecule has 0 aliphatic carbocycles. The number of pyridine rings is 1. The van der Waals surface area contributed by atoms with E-state index < -0.39 is 4.92 Å². The van der Waals surface area contributed by atoms with Crippen LogP contribution in [0.25, 0.3) is 5.69 Å². The lowest BCUT2D eigenvalue weighted by atomic mass is 10.1. The Hall–Kier alpha value is -3.55. The molecule has 2 heterocycles. The molecule has 8 heteroatoms. The summed E-state index contributed by atoms with van der Waals surface area (Å²) in [6.45, 7) is 0.295. The van der Waals surface area contributed by atoms with Gasteiger partial charge in [0.1, 0.15) is 5.69 Å². The van der Waals surface area contributed by atoms with Gasteiger partial charge in [0.25, 0.3) is 11.6 Å². The number of amides is 1. The Morgan fingerprint density at radius 1 is 1.25 bits per heavy atom. The molecule has 0 aliphatic heterocycles. The molecule has 3 aromatic rings. The fraction of sp³-hybridized carbons (Fsp3) is 0.0625. The van der Waals surface area contributed by atoms with Gasteiger partial charge in [0.15, 0.2) is 0 Å². The molecule has 1 amide bonds. The summed E-state index contributed by atoms with van der Waals surface area (Å²) in [6.07, 6.45) is 7.88. The molecule has 0 saturated carbocycles. The molecule has 0 atom stereocenters. The number of nitro groups is 1. The van der Waals surface area contributed by atoms with Crippen LogP contribution in [0.4, 0.5) is 5.69 Å². The zero-order valence-electron chi connectivity index (χ0n) is 12.5. The van der Waals surface area contributed by atoms with Crippen molar-refractivity contribution in [2.45, 2.75) is 6.54 Å². The lowest BCUT2D eigenvalue weighted by molar-refractivity contribution is -0.384. The number of carbonyl (C=O) groups is 1. The maximum atomic E-state index is 12.2. The van der Waals surface area contributed by atoms with Crippen LogP contribution in [-0.4, -0.2) is 25.4 Å². The van der Waals surface area contributed by atoms with Gasteiger partial charge >= 0.3 is 0 Å². The number of carbonyl (C=O) groups excluding carboxylic acids is 1. The number of nitrogens with zero attached hydrogens (tertiary/aromatic N) is 4. The first-order chi connectivity index (χ1) is 11.6. The van der Waals surface area contributed by atoms with Gasteiger partial charge in [0.2, 0.25) is 0 Å². The van der Waals surface area contributed by atoms with Crippen molar-refractivity contribution in [1.29, 1.82) is 0 Å². The summed E-state index contributed by atoms with van der Waals surface area (Å²) in [5.41, 5.74) is 1.24. The molecule has 0 saturated heterocycles. The zero-order valence-corrected chi connectivity index (χ0v) is 12.5. The molecule has 1 aromatic carbocycles. The maximum absolute atomic E-state index is 12.2. The van der Waals surface area contributed by atoms with Crippen LogP contribution < -0.4 is 5.32 Å². The summed E-state index contributed by atoms with van der Waals surface area (Å²) in [6, 6.07) is 7.93. The topological polar surface area (TPSA) is 103 Å². The van der Waals surface area contributed by atoms with Crippen LogP contribution in [0.5, 0.6) is 0 Å². The molecular weight excluding hydrogens is 310 g/mol. The van der Waals surface area contributed by atoms with Gasteiger partial charge in [-0.2, -0.15) is 0 Å². The van der Waals surface area contributed by atoms with E-state index in [9.17, 15) is 14.9 Å². The third-order valence-electron chi connectivity index (χ3n) is 3.39. The van der Waals surface area contributed by atoms with Crippen LogP contribution in [0.2, 0.25) is 0 Å². The normalized spacial score (nSPS) is 10.3. The highest BCUT2D eigenvalue weighted by Crippen LogP contribution is 2.24. The highest BCUT2D eigenvalue weighted by molar-refractivity contribution is 5.95. The first kappa shape index (κ1) is 15.3. The van der Waals surface area contributed by atoms with E-state index in [2.05, 4.69) is 15.3 Å². The molecule has 24 heavy (non-hydrogen) atoms. The summed E-state index contributed by atoms with van der Waals surface area (Å²) in [7, 11) is 0. The number of imidazole rings is 1. The summed E-state index contributed by atoms with van der Waals surface area (Å²) in [5.74, 6) is -0.390. The fourth-order valence-electron chi connectivity index (χ4n) is 2.22. The second-order valence-corrected chi connectivity index (χ2v) is 4.97. The quantitative estimate of drug-likeness (QED) is 0.572. The Morgan fingerprint density at radius 3 is 2.79 bits per heavy atom. The van der Waals surface area contributed by atoms with Gasteiger partial charge in [-0.05, 0) is 23.8 Å². The molecule has 0 fully saturated rings. The smallest absolute Gasteiger partial charge is 0.294 e. The van der Waals surface area contributed by atoms with Crippen molar-refractivity contribution in [3.05, 3.63) is 82.7 Å². The molecule has 120 valence electrons. The number of nitro benzene ring substituents is 1. The SMILES string of the molecule is O=C(NCc1cccnc1)c1ccc(-n2ccnc2)c([N+](=O)[O-])c1. The van der Waals surface area contributed by atoms with Crippen LogP contribution in [-0.2, 0) is 6.54 Å². The molecular formula is C16H13N5O3. The van der Waals surface area contributed by atoms with Crippen molar-refractivity contribution in [3.63, 3.8) is 0 Å². The van der Waals surface area contributed by atoms with E-state index in [0.29, 0.717) is 12.2 Å². The lowest BCUT2D eigenvalue weighted by Gasteiger charge is -2.08. The second kappa shape index (κ2) is 6.69. The van der Waals surface area contributed by atoms with Crippen molar-refractivity contribution >= 4 is 11.6 Å². The molecule has 2 aromatic heterocycles. The Labute approximate surface area is 136 Å². The van der Waals surface area contributed by atoms with Crippen molar-refractivity contribution in [1.82, 2.24) is 19.9 Å². The highest BCUT2D eigenvalue weighted by Gasteiger charge is 2.18. The van der Waals surface area contributed by atoms with E-state index >= 15 is 0 Å². The van der Waals surface area contributed by atoms with E-state index in [1.54, 1.807) is 30.7 Å². The molecule has 0 bridgehead atoms. The first-order valence-electron chi connectivity index (χ1n) is 7.09. The Balaban J connectivity index is 1.82. The van der Waals surface area contributed by atoms with Gasteiger partial charge in [-0.15, -0.1) is 0 Å². The Bertz CT molecular complexity index is 863. The van der Waals surface area contributed by atoms with E-state index in [1.807, 2.05) is 6.07 Å². The minimum atomic E-state index is -0.521. The van der Waals surface area contributed by atoms with E-state index in [1.165, 1.54) is 29.2 Å². The fourth-order valence-corrected chi connectivity index (χ4v) is 2.22. The molecule has 8 nitrogen and oxygen atoms in total. The third kappa shape index (κ3) is 3.27. The number of rotatable bonds is 5. The Kier molecular flexibility index (Phi) is 4.28. The molecule has 0 spiro atoms. The maximum Gasteiger partial charge on any atom is 0.294 e. The number of benzene rings is 1. The van der Waals surface area contributed by atoms with Crippen LogP contribution in [0, 0.1) is 10.1 Å². The molecule has 0 unspecified atom stereocenters. The van der Waals surface area contributed by atoms with Gasteiger partial charge in [-0.3, -0.25) is 19.9 Å². The summed E-state index contributed by atoms with van der Waals surface area (Å²) in [4.78, 5) is 30.8. The van der Waals surface area contributed by atoms with E-state index in [-0.39, 0.29) is 17.2 Å². The van der Waals surface area contributed by atoms with E-state index in [4.69, 9.17) is 0 Å². The number of aromatic nitrogens is 3. The van der Waals surface area contributed by atoms with Gasteiger partial charge in [0.05, 0.1) is 11.3 Å². The minimum Gasteiger partial charge on any atom is -0.348 e. The Morgan fingerprint density at radius 2 is 2.12 bits per heavy atom. The summed E-state index contributed by atoms with van der Waals surface area (Å²) < 4.78 is 1.52. The predicted octanol–water partition coefficient (Wildman–Crippen LogP) is 2.11. The average Bonchev–Trinajstić information content (AvgIpc) is 3.14.